The van der Waals surface area contributed by atoms with E-state index in [2.05, 4.69) is 9.97 Å². The van der Waals surface area contributed by atoms with Gasteiger partial charge in [0.05, 0.1) is 48.3 Å². The third kappa shape index (κ3) is 4.21. The van der Waals surface area contributed by atoms with Crippen LogP contribution in [0.5, 0.6) is 5.75 Å². The number of rotatable bonds is 4. The molecule has 1 fully saturated rings. The number of nitrogens with two attached hydrogens (primary N) is 1. The molecule has 8 nitrogen and oxygen atoms in total. The molecule has 2 aliphatic rings. The van der Waals surface area contributed by atoms with E-state index in [9.17, 15) is 14.3 Å². The first-order valence-corrected chi connectivity index (χ1v) is 10.1. The van der Waals surface area contributed by atoms with Gasteiger partial charge >= 0.3 is 0 Å². The first kappa shape index (κ1) is 21.5. The monoisotopic (exact) mass is 448 g/mol. The number of carbonyl (C=O) groups excluding carboxylic acids is 1. The van der Waals surface area contributed by atoms with Gasteiger partial charge in [0.2, 0.25) is 0 Å². The van der Waals surface area contributed by atoms with Gasteiger partial charge in [-0.1, -0.05) is 11.6 Å². The van der Waals surface area contributed by atoms with E-state index in [-0.39, 0.29) is 43.5 Å². The van der Waals surface area contributed by atoms with Crippen LogP contribution in [0.15, 0.2) is 23.9 Å². The van der Waals surface area contributed by atoms with Gasteiger partial charge in [-0.15, -0.1) is 0 Å². The molecule has 3 heterocycles. The lowest BCUT2D eigenvalue weighted by Gasteiger charge is -2.21. The molecule has 10 heteroatoms. The maximum Gasteiger partial charge on any atom is 0.258 e. The predicted molar refractivity (Wildman–Crippen MR) is 111 cm³/mol. The Kier molecular flexibility index (Phi) is 5.83. The smallest absolute Gasteiger partial charge is 0.258 e. The van der Waals surface area contributed by atoms with E-state index in [1.807, 2.05) is 0 Å². The molecule has 2 aromatic rings. The zero-order valence-electron chi connectivity index (χ0n) is 17.1. The third-order valence-corrected chi connectivity index (χ3v) is 5.84. The highest BCUT2D eigenvalue weighted by Gasteiger charge is 2.32. The molecule has 1 aromatic carbocycles. The molecule has 4 rings (SSSR count). The highest BCUT2D eigenvalue weighted by Crippen LogP contribution is 2.29. The number of amides is 1. The molecule has 0 bridgehead atoms. The van der Waals surface area contributed by atoms with Crippen LogP contribution < -0.4 is 10.5 Å². The molecular formula is C21H22ClFN4O4. The molecule has 0 spiro atoms. The quantitative estimate of drug-likeness (QED) is 0.734. The number of carbonyl (C=O) groups is 1. The average molecular weight is 449 g/mol. The fourth-order valence-corrected chi connectivity index (χ4v) is 3.67. The van der Waals surface area contributed by atoms with Crippen molar-refractivity contribution in [3.8, 4) is 5.75 Å². The molecular weight excluding hydrogens is 427 g/mol. The minimum absolute atomic E-state index is 0.0426. The molecule has 1 amide bonds. The summed E-state index contributed by atoms with van der Waals surface area (Å²) in [6.45, 7) is 4.19. The topological polar surface area (TPSA) is 111 Å². The van der Waals surface area contributed by atoms with Crippen LogP contribution in [-0.4, -0.2) is 64.4 Å². The van der Waals surface area contributed by atoms with Gasteiger partial charge in [-0.3, -0.25) is 4.79 Å². The van der Waals surface area contributed by atoms with E-state index in [0.29, 0.717) is 33.5 Å². The van der Waals surface area contributed by atoms with Crippen LogP contribution in [0.25, 0.3) is 5.57 Å². The average Bonchev–Trinajstić information content (AvgIpc) is 3.31. The molecule has 0 aliphatic carbocycles. The van der Waals surface area contributed by atoms with Gasteiger partial charge < -0.3 is 25.2 Å². The van der Waals surface area contributed by atoms with Crippen LogP contribution in [0.2, 0.25) is 5.02 Å². The van der Waals surface area contributed by atoms with E-state index in [4.69, 9.17) is 26.8 Å². The van der Waals surface area contributed by atoms with Crippen molar-refractivity contribution in [1.29, 1.82) is 0 Å². The number of ether oxygens (including phenoxy) is 2. The van der Waals surface area contributed by atoms with E-state index in [1.54, 1.807) is 13.8 Å². The van der Waals surface area contributed by atoms with Crippen LogP contribution in [-0.2, 0) is 4.74 Å². The molecule has 0 saturated carbocycles. The third-order valence-electron chi connectivity index (χ3n) is 5.29. The van der Waals surface area contributed by atoms with Crippen molar-refractivity contribution in [3.63, 3.8) is 0 Å². The number of aliphatic hydroxyl groups is 1. The second-order valence-corrected chi connectivity index (χ2v) is 7.98. The van der Waals surface area contributed by atoms with Gasteiger partial charge in [-0.25, -0.2) is 14.4 Å². The maximum atomic E-state index is 13.9. The fraction of sp³-hybridized carbons (Fsp3) is 0.381. The molecule has 2 atom stereocenters. The van der Waals surface area contributed by atoms with Crippen molar-refractivity contribution in [2.45, 2.75) is 26.1 Å². The number of aromatic nitrogens is 2. The first-order valence-electron chi connectivity index (χ1n) is 9.74. The molecule has 0 unspecified atom stereocenters. The van der Waals surface area contributed by atoms with E-state index < -0.39 is 18.0 Å². The van der Waals surface area contributed by atoms with Gasteiger partial charge in [0, 0.05) is 17.3 Å². The fourth-order valence-electron chi connectivity index (χ4n) is 3.58. The summed E-state index contributed by atoms with van der Waals surface area (Å²) in [6.07, 6.45) is -1.53. The summed E-state index contributed by atoms with van der Waals surface area (Å²) in [5.74, 6) is -0.473. The highest BCUT2D eigenvalue weighted by molar-refractivity contribution is 6.31. The Morgan fingerprint density at radius 3 is 2.65 bits per heavy atom. The van der Waals surface area contributed by atoms with Crippen molar-refractivity contribution >= 4 is 23.1 Å². The van der Waals surface area contributed by atoms with Crippen LogP contribution >= 0.6 is 11.6 Å². The number of aliphatic hydroxyl groups excluding tert-OH is 1. The Bertz CT molecular complexity index is 1050. The number of benzene rings is 1. The zero-order chi connectivity index (χ0) is 22.3. The summed E-state index contributed by atoms with van der Waals surface area (Å²) >= 11 is 6.15. The van der Waals surface area contributed by atoms with E-state index in [0.717, 1.165) is 6.07 Å². The zero-order valence-corrected chi connectivity index (χ0v) is 17.8. The molecule has 3 N–H and O–H groups in total. The first-order chi connectivity index (χ1) is 14.7. The molecule has 2 aliphatic heterocycles. The highest BCUT2D eigenvalue weighted by atomic mass is 35.5. The second-order valence-electron chi connectivity index (χ2n) is 7.60. The van der Waals surface area contributed by atoms with Crippen molar-refractivity contribution in [1.82, 2.24) is 14.9 Å². The standard InChI is InChI=1S/C21H22ClFN4O4/c1-10-19(22)11(2)26-20(25-10)14-6-27(7-15(14)24)21(29)13-4-3-12(23)5-17(13)31-18-9-30-8-16(18)28/h3-5,16,18,28H,6-9,24H2,1-2H3/t16-,18-/m0/s1. The summed E-state index contributed by atoms with van der Waals surface area (Å²) in [6, 6.07) is 3.67. The Labute approximate surface area is 183 Å². The number of hydrogen-bond acceptors (Lipinski definition) is 7. The number of aryl methyl sites for hydroxylation is 2. The molecule has 1 aromatic heterocycles. The largest absolute Gasteiger partial charge is 0.484 e. The minimum Gasteiger partial charge on any atom is -0.484 e. The minimum atomic E-state index is -0.851. The van der Waals surface area contributed by atoms with Crippen molar-refractivity contribution < 1.29 is 23.8 Å². The van der Waals surface area contributed by atoms with Crippen LogP contribution in [0, 0.1) is 19.7 Å². The number of halogens is 2. The molecule has 0 radical (unpaired) electrons. The van der Waals surface area contributed by atoms with Crippen LogP contribution in [0.1, 0.15) is 27.6 Å². The summed E-state index contributed by atoms with van der Waals surface area (Å²) in [5, 5.41) is 10.4. The van der Waals surface area contributed by atoms with Crippen LogP contribution in [0.4, 0.5) is 4.39 Å². The lowest BCUT2D eigenvalue weighted by Crippen LogP contribution is -2.33. The van der Waals surface area contributed by atoms with Crippen molar-refractivity contribution in [2.75, 3.05) is 26.3 Å². The van der Waals surface area contributed by atoms with Crippen LogP contribution in [0.3, 0.4) is 0 Å². The van der Waals surface area contributed by atoms with E-state index >= 15 is 0 Å². The van der Waals surface area contributed by atoms with Gasteiger partial charge in [0.25, 0.3) is 5.91 Å². The lowest BCUT2D eigenvalue weighted by atomic mass is 10.1. The molecule has 31 heavy (non-hydrogen) atoms. The van der Waals surface area contributed by atoms with Gasteiger partial charge in [-0.05, 0) is 26.0 Å². The Morgan fingerprint density at radius 1 is 1.29 bits per heavy atom. The summed E-state index contributed by atoms with van der Waals surface area (Å²) in [7, 11) is 0. The normalized spacial score (nSPS) is 21.1. The number of hydrogen-bond donors (Lipinski definition) is 2. The van der Waals surface area contributed by atoms with Crippen molar-refractivity contribution in [3.05, 3.63) is 57.5 Å². The Balaban J connectivity index is 1.57. The SMILES string of the molecule is Cc1nc(C2=C(N)CN(C(=O)c3ccc(F)cc3O[C@H]3COC[C@@H]3O)C2)nc(C)c1Cl. The van der Waals surface area contributed by atoms with Crippen molar-refractivity contribution in [2.24, 2.45) is 5.73 Å². The summed E-state index contributed by atoms with van der Waals surface area (Å²) in [5.41, 5.74) is 8.73. The Morgan fingerprint density at radius 2 is 2.00 bits per heavy atom. The lowest BCUT2D eigenvalue weighted by molar-refractivity contribution is 0.0685. The summed E-state index contributed by atoms with van der Waals surface area (Å²) in [4.78, 5) is 23.5. The van der Waals surface area contributed by atoms with E-state index in [1.165, 1.54) is 17.0 Å². The van der Waals surface area contributed by atoms with Gasteiger partial charge in [0.1, 0.15) is 23.8 Å². The van der Waals surface area contributed by atoms with Gasteiger partial charge in [-0.2, -0.15) is 0 Å². The maximum absolute atomic E-state index is 13.9. The second kappa shape index (κ2) is 8.41. The summed E-state index contributed by atoms with van der Waals surface area (Å²) < 4.78 is 24.7. The molecule has 1 saturated heterocycles. The van der Waals surface area contributed by atoms with Gasteiger partial charge in [0.15, 0.2) is 5.82 Å². The number of nitrogens with zero attached hydrogens (tertiary/aromatic N) is 3. The predicted octanol–water partition coefficient (Wildman–Crippen LogP) is 1.85. The Hall–Kier alpha value is -2.75. The molecule has 164 valence electrons.